The summed E-state index contributed by atoms with van der Waals surface area (Å²) in [7, 11) is 0. The van der Waals surface area contributed by atoms with Crippen molar-refractivity contribution in [3.63, 3.8) is 0 Å². The van der Waals surface area contributed by atoms with Gasteiger partial charge in [0.25, 0.3) is 0 Å². The second-order valence-corrected chi connectivity index (χ2v) is 9.52. The molecule has 0 amide bonds. The molecule has 7 unspecified atom stereocenters. The van der Waals surface area contributed by atoms with Gasteiger partial charge in [-0.05, 0) is 74.5 Å². The van der Waals surface area contributed by atoms with E-state index in [1.54, 1.807) is 0 Å². The highest BCUT2D eigenvalue weighted by Crippen LogP contribution is 2.67. The maximum absolute atomic E-state index is 11.2. The normalized spacial score (nSPS) is 53.4. The lowest BCUT2D eigenvalue weighted by atomic mass is 9.47. The molecule has 3 saturated carbocycles. The van der Waals surface area contributed by atoms with Crippen molar-refractivity contribution in [2.75, 3.05) is 0 Å². The molecule has 3 nitrogen and oxygen atoms in total. The lowest BCUT2D eigenvalue weighted by Crippen LogP contribution is -2.54. The van der Waals surface area contributed by atoms with Crippen molar-refractivity contribution < 1.29 is 10.2 Å². The summed E-state index contributed by atoms with van der Waals surface area (Å²) in [6.07, 6.45) is 10.6. The highest BCUT2D eigenvalue weighted by atomic mass is 16.3. The van der Waals surface area contributed by atoms with Crippen LogP contribution in [0, 0.1) is 39.9 Å². The first-order chi connectivity index (χ1) is 11.3. The first-order valence-electron chi connectivity index (χ1n) is 9.81. The first kappa shape index (κ1) is 16.6. The quantitative estimate of drug-likeness (QED) is 0.716. The molecule has 0 heterocycles. The maximum atomic E-state index is 11.2. The summed E-state index contributed by atoms with van der Waals surface area (Å²) < 4.78 is 0. The Bertz CT molecular complexity index is 607. The molecule has 0 spiro atoms. The van der Waals surface area contributed by atoms with E-state index >= 15 is 0 Å². The Labute approximate surface area is 145 Å². The topological polar surface area (TPSA) is 64.2 Å². The summed E-state index contributed by atoms with van der Waals surface area (Å²) in [4.78, 5) is 0. The SMILES string of the molecule is CC12CCC(O)CC1=CCC1C2CCC2(C)C1CCC2(O)CC#N. The van der Waals surface area contributed by atoms with Crippen LogP contribution in [0.5, 0.6) is 0 Å². The van der Waals surface area contributed by atoms with Crippen molar-refractivity contribution in [3.05, 3.63) is 11.6 Å². The average molecular weight is 329 g/mol. The van der Waals surface area contributed by atoms with Gasteiger partial charge in [-0.25, -0.2) is 0 Å². The van der Waals surface area contributed by atoms with E-state index in [9.17, 15) is 15.5 Å². The van der Waals surface area contributed by atoms with Gasteiger partial charge in [0.15, 0.2) is 0 Å². The van der Waals surface area contributed by atoms with Crippen molar-refractivity contribution in [2.24, 2.45) is 28.6 Å². The minimum Gasteiger partial charge on any atom is -0.393 e. The monoisotopic (exact) mass is 329 g/mol. The average Bonchev–Trinajstić information content (AvgIpc) is 2.80. The maximum Gasteiger partial charge on any atom is 0.0833 e. The molecule has 0 saturated heterocycles. The van der Waals surface area contributed by atoms with E-state index < -0.39 is 5.60 Å². The smallest absolute Gasteiger partial charge is 0.0833 e. The Morgan fingerprint density at radius 2 is 1.92 bits per heavy atom. The van der Waals surface area contributed by atoms with Gasteiger partial charge in [-0.15, -0.1) is 0 Å². The number of rotatable bonds is 1. The van der Waals surface area contributed by atoms with Crippen LogP contribution in [0.15, 0.2) is 11.6 Å². The Kier molecular flexibility index (Phi) is 3.68. The second kappa shape index (κ2) is 5.32. The summed E-state index contributed by atoms with van der Waals surface area (Å²) in [5, 5.41) is 30.5. The predicted molar refractivity (Wildman–Crippen MR) is 92.9 cm³/mol. The van der Waals surface area contributed by atoms with Crippen LogP contribution in [0.2, 0.25) is 0 Å². The molecule has 3 fully saturated rings. The minimum atomic E-state index is -0.787. The summed E-state index contributed by atoms with van der Waals surface area (Å²) in [6.45, 7) is 4.69. The van der Waals surface area contributed by atoms with Crippen molar-refractivity contribution in [1.82, 2.24) is 0 Å². The van der Waals surface area contributed by atoms with E-state index in [0.29, 0.717) is 17.8 Å². The van der Waals surface area contributed by atoms with E-state index in [4.69, 9.17) is 0 Å². The number of aliphatic hydroxyl groups is 2. The lowest BCUT2D eigenvalue weighted by molar-refractivity contribution is -0.122. The number of fused-ring (bicyclic) bond motifs is 5. The number of aliphatic hydroxyl groups excluding tert-OH is 1. The van der Waals surface area contributed by atoms with Crippen molar-refractivity contribution in [1.29, 1.82) is 5.26 Å². The number of hydrogen-bond donors (Lipinski definition) is 2. The summed E-state index contributed by atoms with van der Waals surface area (Å²) in [5.41, 5.74) is 0.862. The summed E-state index contributed by atoms with van der Waals surface area (Å²) in [6, 6.07) is 2.25. The molecule has 24 heavy (non-hydrogen) atoms. The number of nitrogens with zero attached hydrogens (tertiary/aromatic N) is 1. The van der Waals surface area contributed by atoms with E-state index in [1.807, 2.05) is 0 Å². The van der Waals surface area contributed by atoms with Crippen molar-refractivity contribution >= 4 is 0 Å². The van der Waals surface area contributed by atoms with Crippen LogP contribution in [-0.2, 0) is 0 Å². The van der Waals surface area contributed by atoms with Crippen LogP contribution in [0.1, 0.15) is 71.6 Å². The predicted octanol–water partition coefficient (Wildman–Crippen LogP) is 3.95. The Balaban J connectivity index is 1.67. The molecule has 0 radical (unpaired) electrons. The highest BCUT2D eigenvalue weighted by molar-refractivity contribution is 5.26. The molecule has 0 aromatic carbocycles. The van der Waals surface area contributed by atoms with Crippen LogP contribution in [0.3, 0.4) is 0 Å². The molecular weight excluding hydrogens is 298 g/mol. The zero-order valence-electron chi connectivity index (χ0n) is 15.1. The van der Waals surface area contributed by atoms with E-state index in [2.05, 4.69) is 26.0 Å². The van der Waals surface area contributed by atoms with Crippen LogP contribution in [0.4, 0.5) is 0 Å². The molecule has 7 atom stereocenters. The zero-order valence-corrected chi connectivity index (χ0v) is 15.1. The third-order valence-electron chi connectivity index (χ3n) is 8.77. The summed E-state index contributed by atoms with van der Waals surface area (Å²) >= 11 is 0. The van der Waals surface area contributed by atoms with Crippen LogP contribution in [0.25, 0.3) is 0 Å². The molecule has 0 aliphatic heterocycles. The van der Waals surface area contributed by atoms with Gasteiger partial charge in [0, 0.05) is 5.41 Å². The van der Waals surface area contributed by atoms with Crippen molar-refractivity contribution in [2.45, 2.75) is 83.3 Å². The lowest BCUT2D eigenvalue weighted by Gasteiger charge is -2.58. The second-order valence-electron chi connectivity index (χ2n) is 9.52. The molecule has 132 valence electrons. The number of nitriles is 1. The van der Waals surface area contributed by atoms with Gasteiger partial charge in [0.05, 0.1) is 24.2 Å². The molecule has 2 N–H and O–H groups in total. The molecule has 0 aromatic heterocycles. The highest BCUT2D eigenvalue weighted by Gasteiger charge is 2.63. The van der Waals surface area contributed by atoms with E-state index in [0.717, 1.165) is 51.4 Å². The first-order valence-corrected chi connectivity index (χ1v) is 9.81. The van der Waals surface area contributed by atoms with Crippen LogP contribution >= 0.6 is 0 Å². The minimum absolute atomic E-state index is 0.0974. The molecule has 0 aromatic rings. The fraction of sp³-hybridized carbons (Fsp3) is 0.857. The van der Waals surface area contributed by atoms with Gasteiger partial charge >= 0.3 is 0 Å². The Morgan fingerprint density at radius 1 is 1.17 bits per heavy atom. The molecule has 4 aliphatic carbocycles. The third kappa shape index (κ3) is 2.02. The van der Waals surface area contributed by atoms with Gasteiger partial charge in [-0.2, -0.15) is 5.26 Å². The third-order valence-corrected chi connectivity index (χ3v) is 8.77. The van der Waals surface area contributed by atoms with Crippen LogP contribution < -0.4 is 0 Å². The molecule has 4 rings (SSSR count). The van der Waals surface area contributed by atoms with Gasteiger partial charge in [0.1, 0.15) is 0 Å². The fourth-order valence-corrected chi connectivity index (χ4v) is 7.17. The van der Waals surface area contributed by atoms with Gasteiger partial charge < -0.3 is 10.2 Å². The molecular formula is C21H31NO2. The number of hydrogen-bond acceptors (Lipinski definition) is 3. The van der Waals surface area contributed by atoms with Gasteiger partial charge in [0.2, 0.25) is 0 Å². The van der Waals surface area contributed by atoms with Gasteiger partial charge in [-0.3, -0.25) is 0 Å². The summed E-state index contributed by atoms with van der Waals surface area (Å²) in [5.74, 6) is 1.86. The van der Waals surface area contributed by atoms with Crippen molar-refractivity contribution in [3.8, 4) is 6.07 Å². The van der Waals surface area contributed by atoms with E-state index in [-0.39, 0.29) is 23.4 Å². The van der Waals surface area contributed by atoms with Crippen LogP contribution in [-0.4, -0.2) is 21.9 Å². The zero-order chi connectivity index (χ0) is 17.2. The molecule has 4 aliphatic rings. The number of allylic oxidation sites excluding steroid dienone is 1. The molecule has 0 bridgehead atoms. The van der Waals surface area contributed by atoms with Gasteiger partial charge in [-0.1, -0.05) is 25.5 Å². The molecule has 3 heteroatoms. The Hall–Kier alpha value is -0.850. The van der Waals surface area contributed by atoms with E-state index in [1.165, 1.54) is 5.57 Å². The standard InChI is InChI=1S/C21H31NO2/c1-19-8-5-15(23)13-14(19)3-4-16-17(19)6-9-20(2)18(16)7-10-21(20,24)11-12-22/h3,15-18,23-24H,4-11,13H2,1-2H3. The Morgan fingerprint density at radius 3 is 2.67 bits per heavy atom. The largest absolute Gasteiger partial charge is 0.393 e. The fourth-order valence-electron chi connectivity index (χ4n) is 7.17.